The second-order valence-electron chi connectivity index (χ2n) is 6.73. The Kier molecular flexibility index (Phi) is 4.48. The number of fused-ring (bicyclic) bond motifs is 1. The van der Waals surface area contributed by atoms with E-state index in [0.29, 0.717) is 18.3 Å². The summed E-state index contributed by atoms with van der Waals surface area (Å²) < 4.78 is 7.24. The molecule has 0 saturated heterocycles. The molecule has 2 heterocycles. The predicted octanol–water partition coefficient (Wildman–Crippen LogP) is 3.67. The summed E-state index contributed by atoms with van der Waals surface area (Å²) in [6.45, 7) is 4.19. The van der Waals surface area contributed by atoms with E-state index in [1.165, 1.54) is 0 Å². The Morgan fingerprint density at radius 1 is 1.38 bits per heavy atom. The Morgan fingerprint density at radius 2 is 2.23 bits per heavy atom. The number of anilines is 1. The van der Waals surface area contributed by atoms with Crippen molar-refractivity contribution in [2.24, 2.45) is 5.92 Å². The van der Waals surface area contributed by atoms with E-state index in [0.717, 1.165) is 39.9 Å². The molecular formula is C19H22N4O2S. The molecular weight excluding hydrogens is 348 g/mol. The zero-order chi connectivity index (χ0) is 18.3. The van der Waals surface area contributed by atoms with Crippen LogP contribution in [0.5, 0.6) is 5.75 Å². The number of hydrogen-bond donors (Lipinski definition) is 1. The maximum absolute atomic E-state index is 12.9. The maximum Gasteiger partial charge on any atom is 0.227 e. The number of nitrogens with zero attached hydrogens (tertiary/aromatic N) is 3. The number of carbonyl (C=O) groups excluding carboxylic acids is 1. The number of aromatic nitrogens is 3. The van der Waals surface area contributed by atoms with E-state index in [9.17, 15) is 4.79 Å². The van der Waals surface area contributed by atoms with Gasteiger partial charge in [-0.3, -0.25) is 4.79 Å². The molecule has 0 saturated carbocycles. The molecule has 0 radical (unpaired) electrons. The summed E-state index contributed by atoms with van der Waals surface area (Å²) in [5, 5.41) is 8.77. The van der Waals surface area contributed by atoms with Crippen LogP contribution in [0.3, 0.4) is 0 Å². The Labute approximate surface area is 157 Å². The first-order valence-electron chi connectivity index (χ1n) is 8.87. The molecule has 2 aliphatic rings. The van der Waals surface area contributed by atoms with Crippen LogP contribution in [0, 0.1) is 5.92 Å². The van der Waals surface area contributed by atoms with Gasteiger partial charge in [0.2, 0.25) is 11.1 Å². The van der Waals surface area contributed by atoms with Gasteiger partial charge < -0.3 is 10.1 Å². The highest BCUT2D eigenvalue weighted by molar-refractivity contribution is 7.99. The maximum atomic E-state index is 12.9. The molecule has 0 spiro atoms. The standard InChI is InChI=1S/C19H22N4O2S/c1-4-26-19-21-18-20-14-8-11(2)9-15(24)16(14)17(23(18)22-19)12-6-5-7-13(10-12)25-3/h5-7,10-11,17H,4,8-9H2,1-3H3,(H,20,21,22)/t11-,17-/m0/s1. The van der Waals surface area contributed by atoms with Crippen molar-refractivity contribution in [1.82, 2.24) is 14.8 Å². The molecule has 2 atom stereocenters. The van der Waals surface area contributed by atoms with Crippen molar-refractivity contribution < 1.29 is 9.53 Å². The van der Waals surface area contributed by atoms with Crippen molar-refractivity contribution >= 4 is 23.5 Å². The minimum atomic E-state index is -0.268. The Morgan fingerprint density at radius 3 is 3.00 bits per heavy atom. The second kappa shape index (κ2) is 6.79. The number of allylic oxidation sites excluding steroid dienone is 2. The SMILES string of the molecule is CCSc1nc2n(n1)[C@@H](c1cccc(OC)c1)C1=C(C[C@H](C)CC1=O)N2. The van der Waals surface area contributed by atoms with E-state index in [1.807, 2.05) is 28.9 Å². The quantitative estimate of drug-likeness (QED) is 0.828. The molecule has 0 bridgehead atoms. The number of Topliss-reactive ketones (excluding diaryl/α,β-unsaturated/α-hetero) is 1. The van der Waals surface area contributed by atoms with Gasteiger partial charge in [0.1, 0.15) is 11.8 Å². The van der Waals surface area contributed by atoms with Gasteiger partial charge in [0.05, 0.1) is 7.11 Å². The summed E-state index contributed by atoms with van der Waals surface area (Å²) in [4.78, 5) is 17.6. The Balaban J connectivity index is 1.87. The molecule has 1 aliphatic heterocycles. The summed E-state index contributed by atoms with van der Waals surface area (Å²) in [7, 11) is 1.65. The molecule has 2 aromatic rings. The lowest BCUT2D eigenvalue weighted by atomic mass is 9.81. The minimum Gasteiger partial charge on any atom is -0.497 e. The molecule has 0 fully saturated rings. The molecule has 1 aliphatic carbocycles. The Bertz CT molecular complexity index is 889. The van der Waals surface area contributed by atoms with Gasteiger partial charge in [-0.15, -0.1) is 5.10 Å². The highest BCUT2D eigenvalue weighted by Crippen LogP contribution is 2.42. The average molecular weight is 370 g/mol. The smallest absolute Gasteiger partial charge is 0.227 e. The van der Waals surface area contributed by atoms with Crippen LogP contribution in [-0.2, 0) is 4.79 Å². The minimum absolute atomic E-state index is 0.185. The van der Waals surface area contributed by atoms with Gasteiger partial charge in [-0.05, 0) is 35.8 Å². The van der Waals surface area contributed by atoms with Crippen LogP contribution in [0.25, 0.3) is 0 Å². The highest BCUT2D eigenvalue weighted by Gasteiger charge is 2.38. The first-order valence-corrected chi connectivity index (χ1v) is 9.85. The van der Waals surface area contributed by atoms with E-state index >= 15 is 0 Å². The fourth-order valence-electron chi connectivity index (χ4n) is 3.70. The van der Waals surface area contributed by atoms with Crippen LogP contribution in [-0.4, -0.2) is 33.4 Å². The molecule has 0 unspecified atom stereocenters. The van der Waals surface area contributed by atoms with E-state index in [2.05, 4.69) is 29.2 Å². The lowest BCUT2D eigenvalue weighted by Crippen LogP contribution is -2.33. The zero-order valence-electron chi connectivity index (χ0n) is 15.2. The monoisotopic (exact) mass is 370 g/mol. The molecule has 6 nitrogen and oxygen atoms in total. The molecule has 136 valence electrons. The molecule has 26 heavy (non-hydrogen) atoms. The fourth-order valence-corrected chi connectivity index (χ4v) is 4.25. The van der Waals surface area contributed by atoms with Crippen LogP contribution in [0.15, 0.2) is 40.7 Å². The lowest BCUT2D eigenvalue weighted by Gasteiger charge is -2.34. The van der Waals surface area contributed by atoms with Crippen molar-refractivity contribution in [3.8, 4) is 5.75 Å². The van der Waals surface area contributed by atoms with Crippen LogP contribution in [0.4, 0.5) is 5.95 Å². The average Bonchev–Trinajstić information content (AvgIpc) is 3.02. The van der Waals surface area contributed by atoms with Gasteiger partial charge in [0, 0.05) is 17.7 Å². The number of thioether (sulfide) groups is 1. The van der Waals surface area contributed by atoms with E-state index in [4.69, 9.17) is 4.74 Å². The van der Waals surface area contributed by atoms with Crippen LogP contribution < -0.4 is 10.1 Å². The van der Waals surface area contributed by atoms with Crippen molar-refractivity contribution in [1.29, 1.82) is 0 Å². The number of rotatable bonds is 4. The van der Waals surface area contributed by atoms with Gasteiger partial charge >= 0.3 is 0 Å². The van der Waals surface area contributed by atoms with Crippen LogP contribution in [0.1, 0.15) is 38.3 Å². The summed E-state index contributed by atoms with van der Waals surface area (Å²) in [5.74, 6) is 2.89. The molecule has 7 heteroatoms. The van der Waals surface area contributed by atoms with Crippen LogP contribution in [0.2, 0.25) is 0 Å². The van der Waals surface area contributed by atoms with E-state index in [1.54, 1.807) is 18.9 Å². The summed E-state index contributed by atoms with van der Waals surface area (Å²) >= 11 is 1.60. The third-order valence-corrected chi connectivity index (χ3v) is 5.51. The molecule has 0 amide bonds. The largest absolute Gasteiger partial charge is 0.497 e. The summed E-state index contributed by atoms with van der Waals surface area (Å²) in [6.07, 6.45) is 1.42. The molecule has 1 aromatic heterocycles. The number of methoxy groups -OCH3 is 1. The zero-order valence-corrected chi connectivity index (χ0v) is 16.0. The third kappa shape index (κ3) is 2.90. The number of benzene rings is 1. The summed E-state index contributed by atoms with van der Waals surface area (Å²) in [5.41, 5.74) is 2.77. The van der Waals surface area contributed by atoms with E-state index < -0.39 is 0 Å². The highest BCUT2D eigenvalue weighted by atomic mass is 32.2. The van der Waals surface area contributed by atoms with Gasteiger partial charge in [-0.2, -0.15) is 4.98 Å². The van der Waals surface area contributed by atoms with Gasteiger partial charge in [-0.25, -0.2) is 4.68 Å². The number of nitrogens with one attached hydrogen (secondary N) is 1. The second-order valence-corrected chi connectivity index (χ2v) is 7.96. The summed E-state index contributed by atoms with van der Waals surface area (Å²) in [6, 6.07) is 7.59. The molecule has 4 rings (SSSR count). The third-order valence-electron chi connectivity index (χ3n) is 4.79. The fraction of sp³-hybridized carbons (Fsp3) is 0.421. The van der Waals surface area contributed by atoms with Crippen molar-refractivity contribution in [3.63, 3.8) is 0 Å². The van der Waals surface area contributed by atoms with Gasteiger partial charge in [0.25, 0.3) is 0 Å². The van der Waals surface area contributed by atoms with Gasteiger partial charge in [0.15, 0.2) is 5.78 Å². The van der Waals surface area contributed by atoms with Crippen molar-refractivity contribution in [2.75, 3.05) is 18.2 Å². The first-order chi connectivity index (χ1) is 12.6. The number of hydrogen-bond acceptors (Lipinski definition) is 6. The molecule has 1 N–H and O–H groups in total. The first kappa shape index (κ1) is 17.1. The van der Waals surface area contributed by atoms with Gasteiger partial charge in [-0.1, -0.05) is 37.7 Å². The number of carbonyl (C=O) groups is 1. The number of ether oxygens (including phenoxy) is 1. The van der Waals surface area contributed by atoms with E-state index in [-0.39, 0.29) is 11.8 Å². The number of ketones is 1. The lowest BCUT2D eigenvalue weighted by molar-refractivity contribution is -0.117. The van der Waals surface area contributed by atoms with Crippen molar-refractivity contribution in [2.45, 2.75) is 37.9 Å². The van der Waals surface area contributed by atoms with Crippen LogP contribution >= 0.6 is 11.8 Å². The normalized spacial score (nSPS) is 21.9. The molecule has 1 aromatic carbocycles. The van der Waals surface area contributed by atoms with Crippen molar-refractivity contribution in [3.05, 3.63) is 41.1 Å². The predicted molar refractivity (Wildman–Crippen MR) is 102 cm³/mol. The Hall–Kier alpha value is -2.28. The topological polar surface area (TPSA) is 69.0 Å².